The van der Waals surface area contributed by atoms with Gasteiger partial charge in [-0.05, 0) is 101 Å². The van der Waals surface area contributed by atoms with Crippen molar-refractivity contribution in [2.45, 2.75) is 72.4 Å². The Kier molecular flexibility index (Phi) is 6.78. The van der Waals surface area contributed by atoms with Crippen LogP contribution >= 0.6 is 34.0 Å². The van der Waals surface area contributed by atoms with Gasteiger partial charge in [-0.25, -0.2) is 0 Å². The van der Waals surface area contributed by atoms with E-state index in [4.69, 9.17) is 4.99 Å². The van der Waals surface area contributed by atoms with Crippen LogP contribution in [-0.4, -0.2) is 12.2 Å². The summed E-state index contributed by atoms with van der Waals surface area (Å²) in [6, 6.07) is 7.18. The highest BCUT2D eigenvalue weighted by Crippen LogP contribution is 2.42. The second kappa shape index (κ2) is 9.80. The van der Waals surface area contributed by atoms with Gasteiger partial charge in [-0.3, -0.25) is 9.98 Å². The van der Waals surface area contributed by atoms with Crippen molar-refractivity contribution < 1.29 is 0 Å². The Hall–Kier alpha value is -2.22. The highest BCUT2D eigenvalue weighted by molar-refractivity contribution is 7.12. The van der Waals surface area contributed by atoms with Crippen LogP contribution in [0.1, 0.15) is 80.2 Å². The maximum Gasteiger partial charge on any atom is 0.114 e. The third-order valence-electron chi connectivity index (χ3n) is 6.63. The van der Waals surface area contributed by atoms with E-state index in [2.05, 4.69) is 73.8 Å². The maximum atomic E-state index is 4.87. The SMILES string of the molecule is CC1=NC(c2cc(C)sc2C)C2=C(CCCC2)N1.Cc1cc(C2N=CNc3ccsc32)c(C)s1. The summed E-state index contributed by atoms with van der Waals surface area (Å²) >= 11 is 5.52. The van der Waals surface area contributed by atoms with E-state index >= 15 is 0 Å². The standard InChI is InChI=1S/C15H20N2S.C12H12N2S2/c1-9-8-13(10(2)18-9)15-12-6-4-5-7-14(12)16-11(3)17-15;1-7-5-9(8(2)16-7)11-12-10(3-4-15-12)13-6-14-11/h8,15H,4-7H2,1-3H3,(H,16,17);3-6,11H,1-2H3,(H,13,14). The van der Waals surface area contributed by atoms with Crippen molar-refractivity contribution in [2.75, 3.05) is 5.32 Å². The molecule has 1 aliphatic carbocycles. The van der Waals surface area contributed by atoms with Crippen LogP contribution < -0.4 is 10.6 Å². The van der Waals surface area contributed by atoms with Gasteiger partial charge < -0.3 is 10.6 Å². The molecule has 0 aromatic carbocycles. The number of aryl methyl sites for hydroxylation is 4. The molecule has 2 N–H and O–H groups in total. The minimum atomic E-state index is 0.196. The molecular weight excluding hydrogens is 477 g/mol. The van der Waals surface area contributed by atoms with Crippen molar-refractivity contribution in [1.29, 1.82) is 0 Å². The number of hydrogen-bond donors (Lipinski definition) is 2. The fourth-order valence-electron chi connectivity index (χ4n) is 5.12. The van der Waals surface area contributed by atoms with E-state index in [1.54, 1.807) is 11.3 Å². The second-order valence-electron chi connectivity index (χ2n) is 9.21. The van der Waals surface area contributed by atoms with E-state index in [-0.39, 0.29) is 12.1 Å². The van der Waals surface area contributed by atoms with Gasteiger partial charge in [0, 0.05) is 25.2 Å². The lowest BCUT2D eigenvalue weighted by Crippen LogP contribution is -2.29. The first-order chi connectivity index (χ1) is 16.4. The van der Waals surface area contributed by atoms with Gasteiger partial charge in [-0.2, -0.15) is 0 Å². The summed E-state index contributed by atoms with van der Waals surface area (Å²) in [5, 5.41) is 8.79. The summed E-state index contributed by atoms with van der Waals surface area (Å²) < 4.78 is 0. The number of aliphatic imine (C=N–C) groups is 2. The van der Waals surface area contributed by atoms with Gasteiger partial charge in [0.15, 0.2) is 0 Å². The largest absolute Gasteiger partial charge is 0.348 e. The van der Waals surface area contributed by atoms with Crippen LogP contribution in [0.3, 0.4) is 0 Å². The average Bonchev–Trinajstić information content (AvgIpc) is 3.51. The number of thiophene rings is 3. The molecule has 0 saturated carbocycles. The lowest BCUT2D eigenvalue weighted by Gasteiger charge is -2.30. The van der Waals surface area contributed by atoms with E-state index in [0.29, 0.717) is 0 Å². The molecule has 2 aliphatic heterocycles. The first-order valence-corrected chi connectivity index (χ1v) is 14.4. The Bertz CT molecular complexity index is 1290. The number of nitrogens with zero attached hydrogens (tertiary/aromatic N) is 2. The second-order valence-corrected chi connectivity index (χ2v) is 13.1. The molecule has 0 amide bonds. The third kappa shape index (κ3) is 4.66. The molecule has 0 bridgehead atoms. The van der Waals surface area contributed by atoms with Gasteiger partial charge in [0.1, 0.15) is 12.1 Å². The smallest absolute Gasteiger partial charge is 0.114 e. The zero-order valence-corrected chi connectivity index (χ0v) is 22.9. The molecule has 0 spiro atoms. The fraction of sp³-hybridized carbons (Fsp3) is 0.407. The first kappa shape index (κ1) is 23.5. The van der Waals surface area contributed by atoms with E-state index < -0.39 is 0 Å². The van der Waals surface area contributed by atoms with Gasteiger partial charge in [-0.1, -0.05) is 0 Å². The zero-order valence-electron chi connectivity index (χ0n) is 20.5. The van der Waals surface area contributed by atoms with Crippen molar-refractivity contribution in [3.05, 3.63) is 70.4 Å². The normalized spacial score (nSPS) is 21.0. The van der Waals surface area contributed by atoms with Crippen LogP contribution in [0.2, 0.25) is 0 Å². The van der Waals surface area contributed by atoms with E-state index in [9.17, 15) is 0 Å². The quantitative estimate of drug-likeness (QED) is 0.366. The predicted octanol–water partition coefficient (Wildman–Crippen LogP) is 8.23. The highest BCUT2D eigenvalue weighted by atomic mass is 32.1. The molecule has 7 heteroatoms. The number of hydrogen-bond acceptors (Lipinski definition) is 7. The Balaban J connectivity index is 0.000000142. The van der Waals surface area contributed by atoms with E-state index in [1.165, 1.54) is 78.2 Å². The first-order valence-electron chi connectivity index (χ1n) is 11.9. The van der Waals surface area contributed by atoms with Gasteiger partial charge in [0.2, 0.25) is 0 Å². The summed E-state index contributed by atoms with van der Waals surface area (Å²) in [6.07, 6.45) is 6.84. The molecule has 0 radical (unpaired) electrons. The van der Waals surface area contributed by atoms with Crippen molar-refractivity contribution in [3.63, 3.8) is 0 Å². The molecule has 3 aliphatic rings. The summed E-state index contributed by atoms with van der Waals surface area (Å²) in [5.74, 6) is 1.07. The summed E-state index contributed by atoms with van der Waals surface area (Å²) in [6.45, 7) is 10.8. The van der Waals surface area contributed by atoms with Crippen LogP contribution in [0.5, 0.6) is 0 Å². The molecule has 3 aromatic heterocycles. The monoisotopic (exact) mass is 508 g/mol. The summed E-state index contributed by atoms with van der Waals surface area (Å²) in [4.78, 5) is 16.3. The van der Waals surface area contributed by atoms with Crippen LogP contribution in [0.25, 0.3) is 0 Å². The number of fused-ring (bicyclic) bond motifs is 1. The van der Waals surface area contributed by atoms with Crippen LogP contribution in [-0.2, 0) is 0 Å². The molecule has 2 atom stereocenters. The summed E-state index contributed by atoms with van der Waals surface area (Å²) in [5.41, 5.74) is 6.96. The lowest BCUT2D eigenvalue weighted by atomic mass is 9.87. The van der Waals surface area contributed by atoms with Gasteiger partial charge in [0.05, 0.1) is 22.7 Å². The number of anilines is 1. The third-order valence-corrected chi connectivity index (χ3v) is 9.56. The van der Waals surface area contributed by atoms with Crippen molar-refractivity contribution >= 4 is 51.9 Å². The Morgan fingerprint density at radius 1 is 0.882 bits per heavy atom. The van der Waals surface area contributed by atoms with Crippen LogP contribution in [0, 0.1) is 27.7 Å². The Morgan fingerprint density at radius 2 is 1.56 bits per heavy atom. The number of nitrogens with one attached hydrogen (secondary N) is 2. The number of allylic oxidation sites excluding steroid dienone is 1. The van der Waals surface area contributed by atoms with Crippen molar-refractivity contribution in [1.82, 2.24) is 5.32 Å². The molecule has 34 heavy (non-hydrogen) atoms. The van der Waals surface area contributed by atoms with Gasteiger partial charge in [0.25, 0.3) is 0 Å². The van der Waals surface area contributed by atoms with Gasteiger partial charge in [-0.15, -0.1) is 34.0 Å². The van der Waals surface area contributed by atoms with Crippen molar-refractivity contribution in [3.8, 4) is 0 Å². The molecule has 2 unspecified atom stereocenters. The molecular formula is C27H32N4S3. The van der Waals surface area contributed by atoms with Gasteiger partial charge >= 0.3 is 0 Å². The minimum Gasteiger partial charge on any atom is -0.348 e. The molecule has 0 saturated heterocycles. The van der Waals surface area contributed by atoms with Crippen molar-refractivity contribution in [2.24, 2.45) is 9.98 Å². The van der Waals surface area contributed by atoms with Crippen LogP contribution in [0.4, 0.5) is 5.69 Å². The average molecular weight is 509 g/mol. The maximum absolute atomic E-state index is 4.87. The Labute approximate surface area is 214 Å². The molecule has 4 nitrogen and oxygen atoms in total. The van der Waals surface area contributed by atoms with E-state index in [0.717, 1.165) is 5.84 Å². The molecule has 0 fully saturated rings. The van der Waals surface area contributed by atoms with E-state index in [1.807, 2.05) is 29.0 Å². The summed E-state index contributed by atoms with van der Waals surface area (Å²) in [7, 11) is 0. The number of rotatable bonds is 2. The lowest BCUT2D eigenvalue weighted by molar-refractivity contribution is 0.592. The zero-order chi connectivity index (χ0) is 23.8. The molecule has 6 rings (SSSR count). The van der Waals surface area contributed by atoms with Crippen LogP contribution in [0.15, 0.2) is 44.8 Å². The molecule has 3 aromatic rings. The Morgan fingerprint density at radius 3 is 2.24 bits per heavy atom. The fourth-order valence-corrected chi connectivity index (χ4v) is 7.96. The topological polar surface area (TPSA) is 48.8 Å². The molecule has 5 heterocycles. The predicted molar refractivity (Wildman–Crippen MR) is 150 cm³/mol. The molecule has 178 valence electrons. The number of amidine groups is 1. The highest BCUT2D eigenvalue weighted by Gasteiger charge is 2.28. The minimum absolute atomic E-state index is 0.196.